The van der Waals surface area contributed by atoms with Gasteiger partial charge in [0.05, 0.1) is 0 Å². The molecule has 76 valence electrons. The first-order valence-corrected chi connectivity index (χ1v) is 6.19. The van der Waals surface area contributed by atoms with E-state index in [0.29, 0.717) is 0 Å². The Balaban J connectivity index is 2.17. The zero-order valence-electron chi connectivity index (χ0n) is 8.49. The van der Waals surface area contributed by atoms with Crippen molar-refractivity contribution >= 4 is 27.0 Å². The van der Waals surface area contributed by atoms with E-state index in [9.17, 15) is 0 Å². The van der Waals surface area contributed by atoms with Crippen LogP contribution in [0, 0.1) is 0 Å². The summed E-state index contributed by atoms with van der Waals surface area (Å²) in [6, 6.07) is 8.84. The smallest absolute Gasteiger partial charge is 0.0348 e. The monoisotopic (exact) mass is 215 g/mol. The van der Waals surface area contributed by atoms with Crippen molar-refractivity contribution in [2.24, 2.45) is 0 Å². The summed E-state index contributed by atoms with van der Waals surface area (Å²) in [7, 11) is 0. The summed E-state index contributed by atoms with van der Waals surface area (Å²) in [5, 5.41) is 6.94. The predicted molar refractivity (Wildman–Crippen MR) is 67.3 cm³/mol. The van der Waals surface area contributed by atoms with Crippen LogP contribution in [0.2, 0.25) is 0 Å². The van der Waals surface area contributed by atoms with Crippen molar-refractivity contribution in [1.29, 1.82) is 0 Å². The Morgan fingerprint density at radius 1 is 1.20 bits per heavy atom. The fraction of sp³-hybridized carbons (Fsp3) is 0.231. The Morgan fingerprint density at radius 2 is 2.20 bits per heavy atom. The van der Waals surface area contributed by atoms with Gasteiger partial charge < -0.3 is 5.32 Å². The van der Waals surface area contributed by atoms with E-state index in [1.807, 2.05) is 11.3 Å². The normalized spacial score (nSPS) is 16.7. The van der Waals surface area contributed by atoms with Gasteiger partial charge in [-0.25, -0.2) is 0 Å². The molecule has 15 heavy (non-hydrogen) atoms. The number of thiophene rings is 1. The standard InChI is InChI=1S/C13H13NS/c1-2-11(10-4-7-14-8-5-10)12-6-9-15-13(12)3-1/h1-4,6,9,14H,5,7-8H2. The van der Waals surface area contributed by atoms with Crippen molar-refractivity contribution in [1.82, 2.24) is 5.32 Å². The van der Waals surface area contributed by atoms with Crippen LogP contribution in [-0.2, 0) is 0 Å². The molecule has 3 rings (SSSR count). The highest BCUT2D eigenvalue weighted by Gasteiger charge is 2.09. The molecule has 0 unspecified atom stereocenters. The molecule has 1 aromatic heterocycles. The number of rotatable bonds is 1. The van der Waals surface area contributed by atoms with Crippen LogP contribution >= 0.6 is 11.3 Å². The van der Waals surface area contributed by atoms with Crippen LogP contribution < -0.4 is 5.32 Å². The maximum absolute atomic E-state index is 3.35. The van der Waals surface area contributed by atoms with Crippen LogP contribution in [0.3, 0.4) is 0 Å². The molecule has 0 saturated heterocycles. The Hall–Kier alpha value is -1.12. The van der Waals surface area contributed by atoms with Gasteiger partial charge in [0.2, 0.25) is 0 Å². The molecule has 1 aliphatic rings. The van der Waals surface area contributed by atoms with Crippen molar-refractivity contribution in [2.75, 3.05) is 13.1 Å². The molecule has 2 aromatic rings. The maximum atomic E-state index is 3.35. The molecule has 1 nitrogen and oxygen atoms in total. The largest absolute Gasteiger partial charge is 0.313 e. The van der Waals surface area contributed by atoms with Crippen molar-refractivity contribution < 1.29 is 0 Å². The molecule has 1 aromatic carbocycles. The summed E-state index contributed by atoms with van der Waals surface area (Å²) in [6.45, 7) is 2.11. The molecular weight excluding hydrogens is 202 g/mol. The van der Waals surface area contributed by atoms with Gasteiger partial charge in [0.1, 0.15) is 0 Å². The second kappa shape index (κ2) is 3.80. The lowest BCUT2D eigenvalue weighted by molar-refractivity contribution is 0.739. The van der Waals surface area contributed by atoms with Crippen LogP contribution in [-0.4, -0.2) is 13.1 Å². The molecule has 2 heteroatoms. The van der Waals surface area contributed by atoms with E-state index in [1.165, 1.54) is 21.2 Å². The van der Waals surface area contributed by atoms with E-state index in [2.05, 4.69) is 41.0 Å². The molecule has 2 heterocycles. The number of hydrogen-bond acceptors (Lipinski definition) is 2. The Labute approximate surface area is 93.4 Å². The molecule has 0 aliphatic carbocycles. The highest BCUT2D eigenvalue weighted by Crippen LogP contribution is 2.30. The molecule has 1 aliphatic heterocycles. The Morgan fingerprint density at radius 3 is 3.07 bits per heavy atom. The van der Waals surface area contributed by atoms with Gasteiger partial charge in [0.25, 0.3) is 0 Å². The SMILES string of the molecule is C1=C(c2cccc3sccc23)CCNC1. The highest BCUT2D eigenvalue weighted by molar-refractivity contribution is 7.17. The van der Waals surface area contributed by atoms with Gasteiger partial charge in [-0.15, -0.1) is 11.3 Å². The molecule has 0 bridgehead atoms. The molecule has 0 radical (unpaired) electrons. The lowest BCUT2D eigenvalue weighted by atomic mass is 9.97. The molecular formula is C13H13NS. The average molecular weight is 215 g/mol. The third-order valence-electron chi connectivity index (χ3n) is 2.91. The number of hydrogen-bond donors (Lipinski definition) is 1. The summed E-state index contributed by atoms with van der Waals surface area (Å²) in [4.78, 5) is 0. The average Bonchev–Trinajstić information content (AvgIpc) is 2.78. The Bertz CT molecular complexity index is 510. The first-order valence-electron chi connectivity index (χ1n) is 5.31. The summed E-state index contributed by atoms with van der Waals surface area (Å²) in [5.74, 6) is 0. The first-order chi connectivity index (χ1) is 7.45. The lowest BCUT2D eigenvalue weighted by Crippen LogP contribution is -2.20. The van der Waals surface area contributed by atoms with Crippen LogP contribution in [0.25, 0.3) is 15.7 Å². The van der Waals surface area contributed by atoms with Crippen LogP contribution in [0.15, 0.2) is 35.7 Å². The zero-order chi connectivity index (χ0) is 10.1. The molecule has 0 saturated carbocycles. The summed E-state index contributed by atoms with van der Waals surface area (Å²) in [5.41, 5.74) is 2.92. The summed E-state index contributed by atoms with van der Waals surface area (Å²) < 4.78 is 1.40. The van der Waals surface area contributed by atoms with Gasteiger partial charge in [0.15, 0.2) is 0 Å². The predicted octanol–water partition coefficient (Wildman–Crippen LogP) is 3.28. The van der Waals surface area contributed by atoms with E-state index in [-0.39, 0.29) is 0 Å². The second-order valence-corrected chi connectivity index (χ2v) is 4.77. The van der Waals surface area contributed by atoms with E-state index >= 15 is 0 Å². The minimum atomic E-state index is 1.01. The van der Waals surface area contributed by atoms with E-state index in [4.69, 9.17) is 0 Å². The maximum Gasteiger partial charge on any atom is 0.0348 e. The number of nitrogens with one attached hydrogen (secondary N) is 1. The molecule has 1 N–H and O–H groups in total. The van der Waals surface area contributed by atoms with E-state index < -0.39 is 0 Å². The van der Waals surface area contributed by atoms with Crippen molar-refractivity contribution in [2.45, 2.75) is 6.42 Å². The summed E-state index contributed by atoms with van der Waals surface area (Å²) >= 11 is 1.82. The second-order valence-electron chi connectivity index (χ2n) is 3.82. The fourth-order valence-electron chi connectivity index (χ4n) is 2.14. The molecule has 0 spiro atoms. The van der Waals surface area contributed by atoms with Crippen molar-refractivity contribution in [3.8, 4) is 0 Å². The third-order valence-corrected chi connectivity index (χ3v) is 3.79. The first kappa shape index (κ1) is 9.13. The topological polar surface area (TPSA) is 12.0 Å². The van der Waals surface area contributed by atoms with Gasteiger partial charge in [-0.05, 0) is 47.0 Å². The van der Waals surface area contributed by atoms with Crippen molar-refractivity contribution in [3.05, 3.63) is 41.3 Å². The van der Waals surface area contributed by atoms with Crippen molar-refractivity contribution in [3.63, 3.8) is 0 Å². The lowest BCUT2D eigenvalue weighted by Gasteiger charge is -2.14. The van der Waals surface area contributed by atoms with Gasteiger partial charge >= 0.3 is 0 Å². The molecule has 0 fully saturated rings. The summed E-state index contributed by atoms with van der Waals surface area (Å²) in [6.07, 6.45) is 3.46. The third kappa shape index (κ3) is 1.60. The quantitative estimate of drug-likeness (QED) is 0.769. The fourth-order valence-corrected chi connectivity index (χ4v) is 2.95. The molecule has 0 amide bonds. The van der Waals surface area contributed by atoms with Gasteiger partial charge in [-0.2, -0.15) is 0 Å². The molecule has 0 atom stereocenters. The number of fused-ring (bicyclic) bond motifs is 1. The van der Waals surface area contributed by atoms with Gasteiger partial charge in [-0.1, -0.05) is 18.2 Å². The number of benzene rings is 1. The van der Waals surface area contributed by atoms with E-state index in [1.54, 1.807) is 0 Å². The zero-order valence-corrected chi connectivity index (χ0v) is 9.31. The van der Waals surface area contributed by atoms with Crippen LogP contribution in [0.5, 0.6) is 0 Å². The van der Waals surface area contributed by atoms with Gasteiger partial charge in [-0.3, -0.25) is 0 Å². The minimum Gasteiger partial charge on any atom is -0.313 e. The van der Waals surface area contributed by atoms with Gasteiger partial charge in [0, 0.05) is 11.2 Å². The minimum absolute atomic E-state index is 1.01. The Kier molecular flexibility index (Phi) is 2.31. The highest BCUT2D eigenvalue weighted by atomic mass is 32.1. The van der Waals surface area contributed by atoms with E-state index in [0.717, 1.165) is 19.5 Å². The van der Waals surface area contributed by atoms with Crippen LogP contribution in [0.1, 0.15) is 12.0 Å². The van der Waals surface area contributed by atoms with Crippen LogP contribution in [0.4, 0.5) is 0 Å².